The van der Waals surface area contributed by atoms with Crippen molar-refractivity contribution in [3.05, 3.63) is 0 Å². The Bertz CT molecular complexity index is 376. The summed E-state index contributed by atoms with van der Waals surface area (Å²) in [5, 5.41) is 7.94. The molecule has 0 unspecified atom stereocenters. The first kappa shape index (κ1) is 15.2. The van der Waals surface area contributed by atoms with Gasteiger partial charge in [-0.05, 0) is 0 Å². The number of carboxylic acids is 1. The van der Waals surface area contributed by atoms with Crippen molar-refractivity contribution >= 4 is 32.0 Å². The summed E-state index contributed by atoms with van der Waals surface area (Å²) >= 11 is -1.20. The van der Waals surface area contributed by atoms with Crippen LogP contribution >= 0.6 is 8.93 Å². The summed E-state index contributed by atoms with van der Waals surface area (Å²) in [5.74, 6) is -3.01. The molecular formula is C9H12IO7S-. The van der Waals surface area contributed by atoms with Crippen molar-refractivity contribution in [1.29, 1.82) is 0.594 Å². The maximum absolute atomic E-state index is 11.5. The van der Waals surface area contributed by atoms with Crippen molar-refractivity contribution in [2.45, 2.75) is 32.5 Å². The molecule has 0 radical (unpaired) electrons. The summed E-state index contributed by atoms with van der Waals surface area (Å²) in [4.78, 5) is 44.2. The quantitative estimate of drug-likeness (QED) is 0.356. The van der Waals surface area contributed by atoms with E-state index in [2.05, 4.69) is 4.74 Å². The molecule has 0 aliphatic heterocycles. The molecule has 0 bridgehead atoms. The molecule has 0 amide bonds. The Morgan fingerprint density at radius 1 is 1.39 bits per heavy atom. The van der Waals surface area contributed by atoms with Crippen LogP contribution in [0, 0.1) is 0 Å². The van der Waals surface area contributed by atoms with Gasteiger partial charge in [-0.25, -0.2) is 0 Å². The molecular weight excluding hydrogens is 379 g/mol. The molecule has 0 heterocycles. The fourth-order valence-corrected chi connectivity index (χ4v) is 2.00. The van der Waals surface area contributed by atoms with E-state index in [9.17, 15) is 19.2 Å². The second-order valence-corrected chi connectivity index (χ2v) is 5.05. The minimum atomic E-state index is -1.47. The molecule has 0 aromatic heterocycles. The average Bonchev–Trinajstić information content (AvgIpc) is 2.26. The molecule has 18 heavy (non-hydrogen) atoms. The van der Waals surface area contributed by atoms with E-state index in [1.807, 2.05) is 0 Å². The van der Waals surface area contributed by atoms with Crippen LogP contribution in [-0.2, 0) is 28.7 Å². The van der Waals surface area contributed by atoms with Crippen molar-refractivity contribution < 1.29 is 54.8 Å². The van der Waals surface area contributed by atoms with Crippen LogP contribution in [-0.4, -0.2) is 40.9 Å². The van der Waals surface area contributed by atoms with E-state index >= 15 is 0 Å². The zero-order valence-electron chi connectivity index (χ0n) is 10.5. The van der Waals surface area contributed by atoms with Crippen LogP contribution < -0.4 is 21.0 Å². The van der Waals surface area contributed by atoms with Crippen molar-refractivity contribution in [1.82, 2.24) is 0 Å². The third-order valence-corrected chi connectivity index (χ3v) is 3.35. The van der Waals surface area contributed by atoms with Crippen LogP contribution in [0.3, 0.4) is 0 Å². The molecule has 0 aromatic carbocycles. The second-order valence-electron chi connectivity index (χ2n) is 3.17. The molecule has 0 rings (SSSR count). The van der Waals surface area contributed by atoms with Crippen molar-refractivity contribution in [3.63, 3.8) is 0 Å². The minimum absolute atomic E-state index is 0.638. The fraction of sp³-hybridized carbons (Fsp3) is 0.556. The number of carbonyl (C=O) groups excluding carboxylic acids is 3. The van der Waals surface area contributed by atoms with E-state index in [1.165, 1.54) is 6.92 Å². The van der Waals surface area contributed by atoms with Crippen LogP contribution in [0.2, 0.25) is 0 Å². The van der Waals surface area contributed by atoms with Gasteiger partial charge in [0.1, 0.15) is 0 Å². The number of carboxylic acid groups (broad SMARTS) is 1. The molecule has 0 spiro atoms. The first-order valence-electron chi connectivity index (χ1n) is 5.07. The summed E-state index contributed by atoms with van der Waals surface area (Å²) in [7, 11) is 0.638. The number of carbonyl (C=O) groups is 4. The van der Waals surface area contributed by atoms with Gasteiger partial charge in [-0.2, -0.15) is 0 Å². The van der Waals surface area contributed by atoms with Crippen LogP contribution in [0.25, 0.3) is 0 Å². The first-order valence-corrected chi connectivity index (χ1v) is 8.05. The summed E-state index contributed by atoms with van der Waals surface area (Å²) in [6.45, 7) is 2.35. The summed E-state index contributed by atoms with van der Waals surface area (Å²) in [6, 6.07) is 0. The third kappa shape index (κ3) is 6.79. The van der Waals surface area contributed by atoms with E-state index in [1.54, 1.807) is 0 Å². The second kappa shape index (κ2) is 8.29. The Labute approximate surface area is 120 Å². The normalized spacial score (nSPS) is 14.2. The Kier molecular flexibility index (Phi) is 7.01. The number of aliphatic carboxylic acids is 1. The molecule has 7 nitrogen and oxygen atoms in total. The molecule has 0 saturated carbocycles. The predicted octanol–water partition coefficient (Wildman–Crippen LogP) is -3.22. The summed E-state index contributed by atoms with van der Waals surface area (Å²) in [6.07, 6.45) is -3.39. The van der Waals surface area contributed by atoms with Crippen LogP contribution in [0.5, 0.6) is 0 Å². The molecule has 9 heteroatoms. The molecule has 0 aromatic rings. The molecule has 0 fully saturated rings. The fourth-order valence-electron chi connectivity index (χ4n) is 0.914. The van der Waals surface area contributed by atoms with E-state index in [-0.39, 0.29) is 0 Å². The Morgan fingerprint density at radius 3 is 2.44 bits per heavy atom. The number of halogens is 1. The van der Waals surface area contributed by atoms with Crippen molar-refractivity contribution in [3.8, 4) is 0 Å². The van der Waals surface area contributed by atoms with Gasteiger partial charge in [0.15, 0.2) is 0 Å². The monoisotopic (exact) mass is 393 g/mol. The predicted molar refractivity (Wildman–Crippen MR) is 57.4 cm³/mol. The van der Waals surface area contributed by atoms with E-state index in [4.69, 9.17) is 10.4 Å². The van der Waals surface area contributed by atoms with E-state index in [0.717, 1.165) is 6.92 Å². The van der Waals surface area contributed by atoms with Gasteiger partial charge in [-0.1, -0.05) is 0 Å². The number of hydrogen-bond donors (Lipinski definition) is 1. The van der Waals surface area contributed by atoms with Gasteiger partial charge in [-0.3, -0.25) is 0 Å². The van der Waals surface area contributed by atoms with Crippen LogP contribution in [0.1, 0.15) is 20.3 Å². The summed E-state index contributed by atoms with van der Waals surface area (Å²) in [5.41, 5.74) is 0. The van der Waals surface area contributed by atoms with Gasteiger partial charge < -0.3 is 0 Å². The van der Waals surface area contributed by atoms with Gasteiger partial charge in [0.2, 0.25) is 0 Å². The van der Waals surface area contributed by atoms with Crippen LogP contribution in [0.4, 0.5) is 0 Å². The average molecular weight is 393 g/mol. The molecule has 0 aliphatic rings. The third-order valence-electron chi connectivity index (χ3n) is 1.63. The number of rotatable bonds is 7. The van der Waals surface area contributed by atoms with Gasteiger partial charge in [0.05, 0.1) is 0 Å². The standard InChI is InChI=1S/C9H12IO7S/c1-4(16-5(2)11)8(14)17-6(3-7(12)13)9(15)18-10/h4,6,10H,3H2,1-2H3,(H,12,13)/q-1/t4-,6-/m0/s1/i10T. The van der Waals surface area contributed by atoms with E-state index in [0.29, 0.717) is 8.93 Å². The molecule has 104 valence electrons. The van der Waals surface area contributed by atoms with Gasteiger partial charge in [0, 0.05) is 0 Å². The Balaban J connectivity index is 4.62. The summed E-state index contributed by atoms with van der Waals surface area (Å²) < 4.78 is 16.2. The zero-order valence-corrected chi connectivity index (χ0v) is 12.5. The van der Waals surface area contributed by atoms with Crippen molar-refractivity contribution in [2.75, 3.05) is 0 Å². The molecule has 1 N–H and O–H groups in total. The number of esters is 2. The maximum atomic E-state index is 11.5. The zero-order chi connectivity index (χ0) is 15.0. The number of ether oxygens (including phenoxy) is 2. The Morgan fingerprint density at radius 2 is 2.00 bits per heavy atom. The molecule has 0 saturated heterocycles. The topological polar surface area (TPSA) is 107 Å². The van der Waals surface area contributed by atoms with Gasteiger partial charge >= 0.3 is 120 Å². The van der Waals surface area contributed by atoms with Crippen LogP contribution in [0.15, 0.2) is 0 Å². The van der Waals surface area contributed by atoms with Crippen molar-refractivity contribution in [2.24, 2.45) is 0 Å². The SMILES string of the molecule is [3H][I-]SC(=O)[C@H](CC(=O)O)OC(=O)[C@H](C)OC(C)=O. The Hall–Kier alpha value is -0.840. The van der Waals surface area contributed by atoms with Gasteiger partial charge in [0.25, 0.3) is 0 Å². The van der Waals surface area contributed by atoms with E-state index < -0.39 is 62.7 Å². The molecule has 0 aliphatic carbocycles. The van der Waals surface area contributed by atoms with Gasteiger partial charge in [-0.15, -0.1) is 0 Å². The molecule has 2 atom stereocenters. The first-order chi connectivity index (χ1) is 8.77. The number of hydrogen-bond acceptors (Lipinski definition) is 7.